The third-order valence-electron chi connectivity index (χ3n) is 6.23. The molecule has 5 nitrogen and oxygen atoms in total. The molecule has 0 aromatic rings. The Bertz CT molecular complexity index is 423. The van der Waals surface area contributed by atoms with Crippen molar-refractivity contribution >= 4 is 30.7 Å². The van der Waals surface area contributed by atoms with Gasteiger partial charge in [-0.1, -0.05) is 0 Å². The Morgan fingerprint density at radius 2 is 1.88 bits per heavy atom. The molecule has 0 aromatic carbocycles. The van der Waals surface area contributed by atoms with E-state index in [4.69, 9.17) is 0 Å². The van der Waals surface area contributed by atoms with E-state index in [1.165, 1.54) is 12.8 Å². The maximum absolute atomic E-state index is 12.7. The summed E-state index contributed by atoms with van der Waals surface area (Å²) in [7, 11) is 2.00. The molecule has 0 radical (unpaired) electrons. The number of halogens is 2. The van der Waals surface area contributed by atoms with Crippen LogP contribution in [-0.2, 0) is 4.79 Å². The van der Waals surface area contributed by atoms with Crippen LogP contribution in [0.25, 0.3) is 0 Å². The number of piperidine rings is 2. The van der Waals surface area contributed by atoms with Crippen molar-refractivity contribution in [1.29, 1.82) is 0 Å². The minimum atomic E-state index is -0.244. The van der Waals surface area contributed by atoms with Crippen molar-refractivity contribution in [3.8, 4) is 0 Å². The molecule has 0 bridgehead atoms. The predicted molar refractivity (Wildman–Crippen MR) is 106 cm³/mol. The number of amides is 1. The van der Waals surface area contributed by atoms with E-state index in [0.717, 1.165) is 58.5 Å². The number of β-amino-alcohol motifs (C(OH)–C–C–N with tert-alkyl or cyclic N) is 1. The van der Waals surface area contributed by atoms with E-state index in [9.17, 15) is 9.90 Å². The molecule has 1 spiro atoms. The second-order valence-corrected chi connectivity index (χ2v) is 8.18. The first-order valence-corrected chi connectivity index (χ1v) is 9.36. The van der Waals surface area contributed by atoms with Crippen LogP contribution in [0.2, 0.25) is 0 Å². The predicted octanol–water partition coefficient (Wildman–Crippen LogP) is 1.77. The average Bonchev–Trinajstić information content (AvgIpc) is 3.21. The van der Waals surface area contributed by atoms with Crippen LogP contribution in [0.15, 0.2) is 0 Å². The highest BCUT2D eigenvalue weighted by atomic mass is 35.5. The Hall–Kier alpha value is -0.0700. The van der Waals surface area contributed by atoms with Gasteiger partial charge in [0.15, 0.2) is 0 Å². The molecule has 0 aromatic heterocycles. The van der Waals surface area contributed by atoms with E-state index in [0.29, 0.717) is 23.2 Å². The van der Waals surface area contributed by atoms with E-state index in [2.05, 4.69) is 10.2 Å². The smallest absolute Gasteiger partial charge is 0.226 e. The zero-order chi connectivity index (χ0) is 16.4. The zero-order valence-electron chi connectivity index (χ0n) is 15.6. The Kier molecular flexibility index (Phi) is 8.95. The standard InChI is InChI=1S/C18H33N3O2.2ClH/c1-14(22)12-21-9-3-15(4-10-21)13-20(2)17(23)16-11-18(16)5-7-19-8-6-18;;/h14-16,19,22H,3-13H2,1-2H3;2*1H. The van der Waals surface area contributed by atoms with Crippen LogP contribution in [0.3, 0.4) is 0 Å². The van der Waals surface area contributed by atoms with Gasteiger partial charge in [0.05, 0.1) is 6.10 Å². The number of nitrogens with one attached hydrogen (secondary N) is 1. The lowest BCUT2D eigenvalue weighted by atomic mass is 9.91. The summed E-state index contributed by atoms with van der Waals surface area (Å²) in [5.74, 6) is 1.31. The van der Waals surface area contributed by atoms with Crippen LogP contribution in [0, 0.1) is 17.3 Å². The normalized spacial score (nSPS) is 27.1. The molecular formula is C18H35Cl2N3O2. The molecule has 2 heterocycles. The Morgan fingerprint density at radius 1 is 1.28 bits per heavy atom. The summed E-state index contributed by atoms with van der Waals surface area (Å²) in [6.07, 6.45) is 5.51. The van der Waals surface area contributed by atoms with Crippen molar-refractivity contribution in [3.05, 3.63) is 0 Å². The number of aliphatic hydroxyl groups is 1. The van der Waals surface area contributed by atoms with E-state index in [1.54, 1.807) is 0 Å². The molecule has 2 unspecified atom stereocenters. The Balaban J connectivity index is 0.00000156. The minimum absolute atomic E-state index is 0. The Labute approximate surface area is 164 Å². The fourth-order valence-corrected chi connectivity index (χ4v) is 4.64. The van der Waals surface area contributed by atoms with Crippen molar-refractivity contribution in [1.82, 2.24) is 15.1 Å². The van der Waals surface area contributed by atoms with Gasteiger partial charge in [0.1, 0.15) is 0 Å². The molecule has 2 aliphatic heterocycles. The molecule has 25 heavy (non-hydrogen) atoms. The molecule has 7 heteroatoms. The van der Waals surface area contributed by atoms with Crippen LogP contribution in [0.1, 0.15) is 39.0 Å². The topological polar surface area (TPSA) is 55.8 Å². The number of carbonyl (C=O) groups excluding carboxylic acids is 1. The van der Waals surface area contributed by atoms with Gasteiger partial charge in [0, 0.05) is 26.1 Å². The zero-order valence-corrected chi connectivity index (χ0v) is 17.2. The summed E-state index contributed by atoms with van der Waals surface area (Å²) < 4.78 is 0. The third kappa shape index (κ3) is 5.70. The maximum atomic E-state index is 12.7. The number of hydrogen-bond donors (Lipinski definition) is 2. The second-order valence-electron chi connectivity index (χ2n) is 8.18. The summed E-state index contributed by atoms with van der Waals surface area (Å²) in [4.78, 5) is 17.1. The minimum Gasteiger partial charge on any atom is -0.392 e. The first-order valence-electron chi connectivity index (χ1n) is 9.36. The van der Waals surface area contributed by atoms with Crippen LogP contribution in [0.5, 0.6) is 0 Å². The van der Waals surface area contributed by atoms with Gasteiger partial charge >= 0.3 is 0 Å². The molecule has 3 aliphatic rings. The van der Waals surface area contributed by atoms with E-state index < -0.39 is 0 Å². The van der Waals surface area contributed by atoms with Gasteiger partial charge < -0.3 is 20.2 Å². The molecule has 2 saturated heterocycles. The van der Waals surface area contributed by atoms with Gasteiger partial charge in [0.2, 0.25) is 5.91 Å². The molecule has 1 amide bonds. The van der Waals surface area contributed by atoms with Crippen molar-refractivity contribution in [2.45, 2.75) is 45.1 Å². The summed E-state index contributed by atoms with van der Waals surface area (Å²) in [6.45, 7) is 7.80. The first kappa shape index (κ1) is 23.0. The maximum Gasteiger partial charge on any atom is 0.226 e. The van der Waals surface area contributed by atoms with Gasteiger partial charge in [-0.2, -0.15) is 0 Å². The van der Waals surface area contributed by atoms with Crippen LogP contribution < -0.4 is 5.32 Å². The number of rotatable bonds is 5. The number of hydrogen-bond acceptors (Lipinski definition) is 4. The quantitative estimate of drug-likeness (QED) is 0.744. The van der Waals surface area contributed by atoms with Gasteiger partial charge in [0.25, 0.3) is 0 Å². The van der Waals surface area contributed by atoms with Crippen molar-refractivity contribution in [2.24, 2.45) is 17.3 Å². The van der Waals surface area contributed by atoms with Crippen molar-refractivity contribution in [2.75, 3.05) is 46.3 Å². The van der Waals surface area contributed by atoms with Crippen molar-refractivity contribution < 1.29 is 9.90 Å². The number of likely N-dealkylation sites (tertiary alicyclic amines) is 1. The van der Waals surface area contributed by atoms with E-state index >= 15 is 0 Å². The SMILES string of the molecule is CC(O)CN1CCC(CN(C)C(=O)C2CC23CCNCC3)CC1.Cl.Cl. The average molecular weight is 396 g/mol. The number of aliphatic hydroxyl groups excluding tert-OH is 1. The van der Waals surface area contributed by atoms with E-state index in [-0.39, 0.29) is 30.9 Å². The molecule has 2 N–H and O–H groups in total. The van der Waals surface area contributed by atoms with Gasteiger partial charge in [-0.15, -0.1) is 24.8 Å². The highest BCUT2D eigenvalue weighted by Crippen LogP contribution is 2.59. The van der Waals surface area contributed by atoms with Crippen LogP contribution in [0.4, 0.5) is 0 Å². The highest BCUT2D eigenvalue weighted by Gasteiger charge is 2.58. The fraction of sp³-hybridized carbons (Fsp3) is 0.944. The molecule has 3 rings (SSSR count). The van der Waals surface area contributed by atoms with Crippen LogP contribution in [-0.4, -0.2) is 73.2 Å². The molecular weight excluding hydrogens is 361 g/mol. The number of nitrogens with zero attached hydrogens (tertiary/aromatic N) is 2. The highest BCUT2D eigenvalue weighted by molar-refractivity contribution is 5.85. The summed E-state index contributed by atoms with van der Waals surface area (Å²) in [6, 6.07) is 0. The Morgan fingerprint density at radius 3 is 2.44 bits per heavy atom. The summed E-state index contributed by atoms with van der Waals surface area (Å²) in [5, 5.41) is 12.9. The van der Waals surface area contributed by atoms with Gasteiger partial charge in [-0.25, -0.2) is 0 Å². The van der Waals surface area contributed by atoms with E-state index in [1.807, 2.05) is 18.9 Å². The molecule has 1 saturated carbocycles. The molecule has 148 valence electrons. The summed E-state index contributed by atoms with van der Waals surface area (Å²) in [5.41, 5.74) is 0.344. The second kappa shape index (κ2) is 9.75. The largest absolute Gasteiger partial charge is 0.392 e. The molecule has 3 fully saturated rings. The lowest BCUT2D eigenvalue weighted by molar-refractivity contribution is -0.133. The fourth-order valence-electron chi connectivity index (χ4n) is 4.64. The molecule has 2 atom stereocenters. The summed E-state index contributed by atoms with van der Waals surface area (Å²) >= 11 is 0. The van der Waals surface area contributed by atoms with Gasteiger partial charge in [-0.05, 0) is 76.5 Å². The third-order valence-corrected chi connectivity index (χ3v) is 6.23. The van der Waals surface area contributed by atoms with Crippen LogP contribution >= 0.6 is 24.8 Å². The lowest BCUT2D eigenvalue weighted by Gasteiger charge is -2.34. The monoisotopic (exact) mass is 395 g/mol. The lowest BCUT2D eigenvalue weighted by Crippen LogP contribution is -2.42. The first-order chi connectivity index (χ1) is 11.0. The molecule has 1 aliphatic carbocycles. The number of carbonyl (C=O) groups is 1. The van der Waals surface area contributed by atoms with Crippen molar-refractivity contribution in [3.63, 3.8) is 0 Å². The van der Waals surface area contributed by atoms with Gasteiger partial charge in [-0.3, -0.25) is 4.79 Å².